The summed E-state index contributed by atoms with van der Waals surface area (Å²) in [7, 11) is 0. The van der Waals surface area contributed by atoms with Crippen LogP contribution in [0.5, 0.6) is 0 Å². The van der Waals surface area contributed by atoms with E-state index in [1.807, 2.05) is 13.8 Å². The van der Waals surface area contributed by atoms with Gasteiger partial charge in [0.2, 0.25) is 0 Å². The van der Waals surface area contributed by atoms with E-state index in [1.54, 1.807) is 0 Å². The van der Waals surface area contributed by atoms with Gasteiger partial charge in [0.1, 0.15) is 0 Å². The minimum atomic E-state index is -0.0822. The molecule has 0 aliphatic carbocycles. The molecule has 2 saturated heterocycles. The Morgan fingerprint density at radius 1 is 0.719 bits per heavy atom. The van der Waals surface area contributed by atoms with Crippen LogP contribution in [0.15, 0.2) is 0 Å². The van der Waals surface area contributed by atoms with Crippen LogP contribution in [0.4, 0.5) is 0 Å². The molecule has 186 valence electrons. The standard InChI is InChI=1S/C26H46O6/c1-21(15-17-23-11-9-19-29-23)31-25(27)13-7-5-3-4-6-8-14-26(28)32-22(2)16-18-24-12-10-20-30-24/h21-24H,3-20H2,1-2H3/t21-,22-,23-,24+/m0/s1. The van der Waals surface area contributed by atoms with Crippen LogP contribution in [0, 0.1) is 0 Å². The molecule has 0 bridgehead atoms. The van der Waals surface area contributed by atoms with Crippen molar-refractivity contribution in [1.29, 1.82) is 0 Å². The van der Waals surface area contributed by atoms with Gasteiger partial charge in [-0.1, -0.05) is 25.7 Å². The van der Waals surface area contributed by atoms with E-state index in [9.17, 15) is 9.59 Å². The van der Waals surface area contributed by atoms with Crippen LogP contribution >= 0.6 is 0 Å². The van der Waals surface area contributed by atoms with E-state index in [4.69, 9.17) is 18.9 Å². The molecule has 0 saturated carbocycles. The SMILES string of the molecule is C[C@@H](CC[C@H]1CCCO1)OC(=O)CCCCCCCCC(=O)O[C@@H](C)CC[C@@H]1CCCO1. The molecule has 2 aliphatic rings. The lowest BCUT2D eigenvalue weighted by atomic mass is 10.1. The van der Waals surface area contributed by atoms with Gasteiger partial charge in [0.05, 0.1) is 24.4 Å². The molecule has 2 rings (SSSR count). The molecular weight excluding hydrogens is 408 g/mol. The van der Waals surface area contributed by atoms with Crippen molar-refractivity contribution in [1.82, 2.24) is 0 Å². The van der Waals surface area contributed by atoms with Crippen molar-refractivity contribution in [2.24, 2.45) is 0 Å². The number of carbonyl (C=O) groups is 2. The molecule has 0 aromatic rings. The van der Waals surface area contributed by atoms with Crippen LogP contribution < -0.4 is 0 Å². The number of unbranched alkanes of at least 4 members (excludes halogenated alkanes) is 5. The normalized spacial score (nSPS) is 22.6. The summed E-state index contributed by atoms with van der Waals surface area (Å²) >= 11 is 0. The van der Waals surface area contributed by atoms with Crippen molar-refractivity contribution in [3.8, 4) is 0 Å². The van der Waals surface area contributed by atoms with Crippen molar-refractivity contribution >= 4 is 11.9 Å². The summed E-state index contributed by atoms with van der Waals surface area (Å²) < 4.78 is 22.2. The third-order valence-corrected chi connectivity index (χ3v) is 6.52. The molecule has 0 aromatic heterocycles. The van der Waals surface area contributed by atoms with Crippen molar-refractivity contribution in [2.75, 3.05) is 13.2 Å². The Kier molecular flexibility index (Phi) is 14.0. The van der Waals surface area contributed by atoms with Crippen LogP contribution in [-0.2, 0) is 28.5 Å². The molecule has 2 aliphatic heterocycles. The molecule has 4 atom stereocenters. The summed E-state index contributed by atoms with van der Waals surface area (Å²) in [5, 5.41) is 0. The lowest BCUT2D eigenvalue weighted by Gasteiger charge is -2.15. The number of rotatable bonds is 17. The Balaban J connectivity index is 1.35. The molecular formula is C26H46O6. The zero-order valence-electron chi connectivity index (χ0n) is 20.5. The van der Waals surface area contributed by atoms with Crippen LogP contribution in [0.1, 0.15) is 117 Å². The van der Waals surface area contributed by atoms with E-state index in [0.717, 1.165) is 103 Å². The summed E-state index contributed by atoms with van der Waals surface area (Å²) in [5.41, 5.74) is 0. The second-order valence-electron chi connectivity index (χ2n) is 9.65. The van der Waals surface area contributed by atoms with Crippen LogP contribution in [0.25, 0.3) is 0 Å². The Morgan fingerprint density at radius 3 is 1.50 bits per heavy atom. The second kappa shape index (κ2) is 16.5. The minimum Gasteiger partial charge on any atom is -0.463 e. The highest BCUT2D eigenvalue weighted by atomic mass is 16.5. The van der Waals surface area contributed by atoms with E-state index < -0.39 is 0 Å². The first-order chi connectivity index (χ1) is 15.5. The Hall–Kier alpha value is -1.14. The smallest absolute Gasteiger partial charge is 0.306 e. The summed E-state index contributed by atoms with van der Waals surface area (Å²) in [6.45, 7) is 5.70. The molecule has 0 unspecified atom stereocenters. The Bertz CT molecular complexity index is 464. The zero-order chi connectivity index (χ0) is 23.0. The van der Waals surface area contributed by atoms with E-state index in [2.05, 4.69) is 0 Å². The van der Waals surface area contributed by atoms with Crippen molar-refractivity contribution < 1.29 is 28.5 Å². The summed E-state index contributed by atoms with van der Waals surface area (Å²) in [5.74, 6) is -0.164. The fourth-order valence-electron chi connectivity index (χ4n) is 4.52. The summed E-state index contributed by atoms with van der Waals surface area (Å²) in [6, 6.07) is 0. The molecule has 2 fully saturated rings. The lowest BCUT2D eigenvalue weighted by Crippen LogP contribution is -2.17. The monoisotopic (exact) mass is 454 g/mol. The van der Waals surface area contributed by atoms with Gasteiger partial charge in [-0.25, -0.2) is 0 Å². The minimum absolute atomic E-state index is 0.0229. The molecule has 6 heteroatoms. The predicted octanol–water partition coefficient (Wildman–Crippen LogP) is 5.89. The average molecular weight is 455 g/mol. The largest absolute Gasteiger partial charge is 0.463 e. The van der Waals surface area contributed by atoms with Crippen LogP contribution in [0.3, 0.4) is 0 Å². The maximum atomic E-state index is 12.0. The van der Waals surface area contributed by atoms with Gasteiger partial charge in [0, 0.05) is 26.1 Å². The van der Waals surface area contributed by atoms with Crippen LogP contribution in [0.2, 0.25) is 0 Å². The van der Waals surface area contributed by atoms with Gasteiger partial charge in [-0.2, -0.15) is 0 Å². The van der Waals surface area contributed by atoms with Gasteiger partial charge in [-0.05, 0) is 78.1 Å². The van der Waals surface area contributed by atoms with Crippen molar-refractivity contribution in [3.63, 3.8) is 0 Å². The topological polar surface area (TPSA) is 71.1 Å². The van der Waals surface area contributed by atoms with Gasteiger partial charge in [0.15, 0.2) is 0 Å². The maximum absolute atomic E-state index is 12.0. The van der Waals surface area contributed by atoms with Crippen LogP contribution in [-0.4, -0.2) is 49.6 Å². The molecule has 2 heterocycles. The number of esters is 2. The van der Waals surface area contributed by atoms with E-state index in [1.165, 1.54) is 0 Å². The molecule has 6 nitrogen and oxygen atoms in total. The average Bonchev–Trinajstić information content (AvgIpc) is 3.47. The van der Waals surface area contributed by atoms with Gasteiger partial charge < -0.3 is 18.9 Å². The second-order valence-corrected chi connectivity index (χ2v) is 9.65. The first-order valence-electron chi connectivity index (χ1n) is 13.1. The van der Waals surface area contributed by atoms with E-state index in [0.29, 0.717) is 25.0 Å². The Morgan fingerprint density at radius 2 is 1.12 bits per heavy atom. The predicted molar refractivity (Wildman–Crippen MR) is 124 cm³/mol. The molecule has 0 spiro atoms. The van der Waals surface area contributed by atoms with E-state index in [-0.39, 0.29) is 24.1 Å². The molecule has 0 N–H and O–H groups in total. The molecule has 0 radical (unpaired) electrons. The molecule has 0 aromatic carbocycles. The third-order valence-electron chi connectivity index (χ3n) is 6.52. The third kappa shape index (κ3) is 12.8. The summed E-state index contributed by atoms with van der Waals surface area (Å²) in [4.78, 5) is 23.9. The van der Waals surface area contributed by atoms with Gasteiger partial charge >= 0.3 is 11.9 Å². The van der Waals surface area contributed by atoms with Gasteiger partial charge in [0.25, 0.3) is 0 Å². The quantitative estimate of drug-likeness (QED) is 0.202. The highest BCUT2D eigenvalue weighted by molar-refractivity contribution is 5.69. The first kappa shape index (κ1) is 27.1. The Labute approximate surface area is 195 Å². The number of ether oxygens (including phenoxy) is 4. The fraction of sp³-hybridized carbons (Fsp3) is 0.923. The summed E-state index contributed by atoms with van der Waals surface area (Å²) in [6.07, 6.45) is 16.0. The van der Waals surface area contributed by atoms with Crippen molar-refractivity contribution in [2.45, 2.75) is 141 Å². The number of hydrogen-bond acceptors (Lipinski definition) is 6. The van der Waals surface area contributed by atoms with Gasteiger partial charge in [-0.3, -0.25) is 9.59 Å². The molecule has 32 heavy (non-hydrogen) atoms. The highest BCUT2D eigenvalue weighted by Crippen LogP contribution is 2.20. The lowest BCUT2D eigenvalue weighted by molar-refractivity contribution is -0.150. The van der Waals surface area contributed by atoms with Crippen molar-refractivity contribution in [3.05, 3.63) is 0 Å². The van der Waals surface area contributed by atoms with Gasteiger partial charge in [-0.15, -0.1) is 0 Å². The fourth-order valence-corrected chi connectivity index (χ4v) is 4.52. The molecule has 0 amide bonds. The number of carbonyl (C=O) groups excluding carboxylic acids is 2. The highest BCUT2D eigenvalue weighted by Gasteiger charge is 2.19. The first-order valence-corrected chi connectivity index (χ1v) is 13.1. The number of hydrogen-bond donors (Lipinski definition) is 0. The zero-order valence-corrected chi connectivity index (χ0v) is 20.5. The van der Waals surface area contributed by atoms with E-state index >= 15 is 0 Å². The maximum Gasteiger partial charge on any atom is 0.306 e.